The fraction of sp³-hybridized carbons (Fsp3) is 0.500. The Kier molecular flexibility index (Phi) is 13.1. The summed E-state index contributed by atoms with van der Waals surface area (Å²) < 4.78 is 5.70. The van der Waals surface area contributed by atoms with E-state index in [-0.39, 0.29) is 24.0 Å². The van der Waals surface area contributed by atoms with E-state index in [0.717, 1.165) is 62.2 Å². The van der Waals surface area contributed by atoms with Gasteiger partial charge in [0.05, 0.1) is 17.3 Å². The Morgan fingerprint density at radius 3 is 2.70 bits per heavy atom. The van der Waals surface area contributed by atoms with Crippen LogP contribution in [0.2, 0.25) is 0 Å². The molecule has 0 radical (unpaired) electrons. The van der Waals surface area contributed by atoms with Crippen molar-refractivity contribution in [1.29, 1.82) is 0 Å². The summed E-state index contributed by atoms with van der Waals surface area (Å²) in [5.74, 6) is 0.879. The van der Waals surface area contributed by atoms with E-state index in [1.807, 2.05) is 25.1 Å². The van der Waals surface area contributed by atoms with Crippen LogP contribution in [0, 0.1) is 6.92 Å². The van der Waals surface area contributed by atoms with Crippen LogP contribution >= 0.6 is 35.3 Å². The lowest BCUT2D eigenvalue weighted by Crippen LogP contribution is -2.38. The third kappa shape index (κ3) is 10.7. The first-order valence-corrected chi connectivity index (χ1v) is 10.2. The zero-order chi connectivity index (χ0) is 18.5. The minimum atomic E-state index is 0. The molecule has 1 heterocycles. The van der Waals surface area contributed by atoms with Gasteiger partial charge in [0.15, 0.2) is 5.96 Å². The SMILES string of the molecule is CCNC(=NCCCCOCc1ccccc1)NCCc1csc(C)n1.I. The zero-order valence-electron chi connectivity index (χ0n) is 16.2. The number of halogens is 1. The van der Waals surface area contributed by atoms with Crippen LogP contribution < -0.4 is 10.6 Å². The van der Waals surface area contributed by atoms with Crippen molar-refractivity contribution in [2.75, 3.05) is 26.2 Å². The molecule has 0 fully saturated rings. The van der Waals surface area contributed by atoms with Crippen LogP contribution in [0.25, 0.3) is 0 Å². The molecule has 1 aromatic carbocycles. The lowest BCUT2D eigenvalue weighted by molar-refractivity contribution is 0.117. The van der Waals surface area contributed by atoms with Gasteiger partial charge in [-0.25, -0.2) is 4.98 Å². The highest BCUT2D eigenvalue weighted by atomic mass is 127. The summed E-state index contributed by atoms with van der Waals surface area (Å²) in [7, 11) is 0. The van der Waals surface area contributed by atoms with E-state index in [9.17, 15) is 0 Å². The van der Waals surface area contributed by atoms with Crippen molar-refractivity contribution < 1.29 is 4.74 Å². The Hall–Kier alpha value is -1.19. The second-order valence-electron chi connectivity index (χ2n) is 6.04. The Labute approximate surface area is 184 Å². The van der Waals surface area contributed by atoms with Gasteiger partial charge in [0, 0.05) is 38.0 Å². The maximum Gasteiger partial charge on any atom is 0.191 e. The number of nitrogens with zero attached hydrogens (tertiary/aromatic N) is 2. The van der Waals surface area contributed by atoms with E-state index in [4.69, 9.17) is 4.74 Å². The molecule has 1 aromatic heterocycles. The normalized spacial score (nSPS) is 11.1. The van der Waals surface area contributed by atoms with Crippen LogP contribution in [-0.4, -0.2) is 37.2 Å². The number of hydrogen-bond acceptors (Lipinski definition) is 4. The number of guanidine groups is 1. The summed E-state index contributed by atoms with van der Waals surface area (Å²) in [5, 5.41) is 9.90. The molecule has 2 aromatic rings. The van der Waals surface area contributed by atoms with Gasteiger partial charge in [-0.2, -0.15) is 0 Å². The number of rotatable bonds is 11. The number of ether oxygens (including phenoxy) is 1. The number of hydrogen-bond donors (Lipinski definition) is 2. The number of unbranched alkanes of at least 4 members (excludes halogenated alkanes) is 1. The molecule has 2 N–H and O–H groups in total. The summed E-state index contributed by atoms with van der Waals surface area (Å²) in [6.45, 7) is 8.09. The molecule has 0 bridgehead atoms. The van der Waals surface area contributed by atoms with Crippen molar-refractivity contribution in [3.63, 3.8) is 0 Å². The third-order valence-electron chi connectivity index (χ3n) is 3.76. The predicted octanol–water partition coefficient (Wildman–Crippen LogP) is 4.16. The van der Waals surface area contributed by atoms with Crippen molar-refractivity contribution in [3.8, 4) is 0 Å². The summed E-state index contributed by atoms with van der Waals surface area (Å²) in [6.07, 6.45) is 2.96. The Morgan fingerprint density at radius 1 is 1.19 bits per heavy atom. The summed E-state index contributed by atoms with van der Waals surface area (Å²) in [6, 6.07) is 10.3. The Balaban J connectivity index is 0.00000364. The highest BCUT2D eigenvalue weighted by molar-refractivity contribution is 14.0. The highest BCUT2D eigenvalue weighted by Crippen LogP contribution is 2.07. The molecule has 0 atom stereocenters. The summed E-state index contributed by atoms with van der Waals surface area (Å²) >= 11 is 1.70. The first kappa shape index (κ1) is 23.8. The van der Waals surface area contributed by atoms with Gasteiger partial charge in [0.2, 0.25) is 0 Å². The molecule has 2 rings (SSSR count). The lowest BCUT2D eigenvalue weighted by atomic mass is 10.2. The summed E-state index contributed by atoms with van der Waals surface area (Å²) in [5.41, 5.74) is 2.37. The lowest BCUT2D eigenvalue weighted by Gasteiger charge is -2.10. The molecule has 0 saturated carbocycles. The predicted molar refractivity (Wildman–Crippen MR) is 125 cm³/mol. The average molecular weight is 502 g/mol. The molecular weight excluding hydrogens is 471 g/mol. The topological polar surface area (TPSA) is 58.5 Å². The molecule has 7 heteroatoms. The minimum absolute atomic E-state index is 0. The van der Waals surface area contributed by atoms with Crippen LogP contribution in [0.1, 0.15) is 36.0 Å². The van der Waals surface area contributed by atoms with Gasteiger partial charge >= 0.3 is 0 Å². The van der Waals surface area contributed by atoms with Crippen molar-refractivity contribution in [1.82, 2.24) is 15.6 Å². The van der Waals surface area contributed by atoms with E-state index in [1.54, 1.807) is 11.3 Å². The van der Waals surface area contributed by atoms with E-state index in [1.165, 1.54) is 5.56 Å². The van der Waals surface area contributed by atoms with Gasteiger partial charge in [-0.05, 0) is 32.3 Å². The van der Waals surface area contributed by atoms with Crippen molar-refractivity contribution in [2.24, 2.45) is 4.99 Å². The maximum absolute atomic E-state index is 5.70. The van der Waals surface area contributed by atoms with Crippen LogP contribution in [0.3, 0.4) is 0 Å². The number of aliphatic imine (C=N–C) groups is 1. The molecule has 0 saturated heterocycles. The van der Waals surface area contributed by atoms with Gasteiger partial charge in [0.25, 0.3) is 0 Å². The Morgan fingerprint density at radius 2 is 2.00 bits per heavy atom. The molecular formula is C20H31IN4OS. The maximum atomic E-state index is 5.70. The third-order valence-corrected chi connectivity index (χ3v) is 4.58. The van der Waals surface area contributed by atoms with E-state index < -0.39 is 0 Å². The molecule has 0 amide bonds. The van der Waals surface area contributed by atoms with E-state index in [2.05, 4.69) is 45.0 Å². The fourth-order valence-corrected chi connectivity index (χ4v) is 3.09. The van der Waals surface area contributed by atoms with E-state index in [0.29, 0.717) is 6.61 Å². The monoisotopic (exact) mass is 502 g/mol. The average Bonchev–Trinajstić information content (AvgIpc) is 3.07. The number of aromatic nitrogens is 1. The van der Waals surface area contributed by atoms with Gasteiger partial charge in [-0.15, -0.1) is 35.3 Å². The molecule has 0 aliphatic rings. The van der Waals surface area contributed by atoms with Gasteiger partial charge in [-0.1, -0.05) is 30.3 Å². The van der Waals surface area contributed by atoms with E-state index >= 15 is 0 Å². The van der Waals surface area contributed by atoms with Crippen molar-refractivity contribution in [3.05, 3.63) is 52.0 Å². The van der Waals surface area contributed by atoms with Crippen LogP contribution in [0.4, 0.5) is 0 Å². The molecule has 0 unspecified atom stereocenters. The standard InChI is InChI=1S/C20H30N4OS.HI/c1-3-21-20(23-13-11-19-16-26-17(2)24-19)22-12-7-8-14-25-15-18-9-5-4-6-10-18;/h4-6,9-10,16H,3,7-8,11-15H2,1-2H3,(H2,21,22,23);1H. The van der Waals surface area contributed by atoms with Crippen LogP contribution in [0.5, 0.6) is 0 Å². The quantitative estimate of drug-likeness (QED) is 0.210. The Bertz CT molecular complexity index is 648. The number of aryl methyl sites for hydroxylation is 1. The minimum Gasteiger partial charge on any atom is -0.377 e. The van der Waals surface area contributed by atoms with Crippen molar-refractivity contribution >= 4 is 41.3 Å². The molecule has 0 spiro atoms. The highest BCUT2D eigenvalue weighted by Gasteiger charge is 2.00. The first-order chi connectivity index (χ1) is 12.8. The second kappa shape index (κ2) is 14.8. The molecule has 0 aliphatic heterocycles. The van der Waals surface area contributed by atoms with Crippen molar-refractivity contribution in [2.45, 2.75) is 39.7 Å². The molecule has 5 nitrogen and oxygen atoms in total. The number of benzene rings is 1. The molecule has 0 aliphatic carbocycles. The van der Waals surface area contributed by atoms with Crippen LogP contribution in [-0.2, 0) is 17.8 Å². The second-order valence-corrected chi connectivity index (χ2v) is 7.10. The van der Waals surface area contributed by atoms with Gasteiger partial charge in [0.1, 0.15) is 0 Å². The number of nitrogens with one attached hydrogen (secondary N) is 2. The van der Waals surface area contributed by atoms with Gasteiger partial charge in [-0.3, -0.25) is 4.99 Å². The molecule has 27 heavy (non-hydrogen) atoms. The molecule has 150 valence electrons. The number of thiazole rings is 1. The largest absolute Gasteiger partial charge is 0.377 e. The fourth-order valence-electron chi connectivity index (χ4n) is 2.44. The smallest absolute Gasteiger partial charge is 0.191 e. The first-order valence-electron chi connectivity index (χ1n) is 9.32. The zero-order valence-corrected chi connectivity index (χ0v) is 19.4. The summed E-state index contributed by atoms with van der Waals surface area (Å²) in [4.78, 5) is 9.11. The van der Waals surface area contributed by atoms with Crippen LogP contribution in [0.15, 0.2) is 40.7 Å². The van der Waals surface area contributed by atoms with Gasteiger partial charge < -0.3 is 15.4 Å².